The summed E-state index contributed by atoms with van der Waals surface area (Å²) in [6, 6.07) is 9.27. The second-order valence-corrected chi connectivity index (χ2v) is 7.82. The molecule has 168 valence electrons. The number of carbonyl (C=O) groups is 1. The van der Waals surface area contributed by atoms with Crippen molar-refractivity contribution in [3.8, 4) is 11.4 Å². The molecule has 0 aliphatic carbocycles. The van der Waals surface area contributed by atoms with Crippen molar-refractivity contribution >= 4 is 29.0 Å². The maximum absolute atomic E-state index is 13.3. The van der Waals surface area contributed by atoms with Crippen molar-refractivity contribution in [2.45, 2.75) is 23.5 Å². The number of hydrogen-bond acceptors (Lipinski definition) is 6. The van der Waals surface area contributed by atoms with E-state index in [1.165, 1.54) is 13.1 Å². The molecule has 12 heteroatoms. The second-order valence-electron chi connectivity index (χ2n) is 6.51. The predicted octanol–water partition coefficient (Wildman–Crippen LogP) is 4.93. The summed E-state index contributed by atoms with van der Waals surface area (Å²) in [5, 5.41) is 12.7. The van der Waals surface area contributed by atoms with E-state index in [0.29, 0.717) is 17.0 Å². The number of halogens is 3. The Kier molecular flexibility index (Phi) is 6.72. The molecule has 1 heterocycles. The van der Waals surface area contributed by atoms with Crippen LogP contribution in [0.15, 0.2) is 60.0 Å². The molecule has 0 aliphatic rings. The SMILES string of the molecule is COc1ccc(-n2ccnc2SC(C)C(=O)Nc2ccc([N+](=O)[O-])cc2C(F)(F)F)cc1. The van der Waals surface area contributed by atoms with Crippen LogP contribution in [0.3, 0.4) is 0 Å². The number of amides is 1. The predicted molar refractivity (Wildman–Crippen MR) is 112 cm³/mol. The van der Waals surface area contributed by atoms with Gasteiger partial charge in [-0.2, -0.15) is 13.2 Å². The quantitative estimate of drug-likeness (QED) is 0.301. The average molecular weight is 466 g/mol. The monoisotopic (exact) mass is 466 g/mol. The standard InChI is InChI=1S/C20H17F3N4O4S/c1-12(32-19-24-9-10-26(19)13-3-6-15(31-2)7-4-13)18(28)25-17-8-5-14(27(29)30)11-16(17)20(21,22)23/h3-12H,1-2H3,(H,25,28). The van der Waals surface area contributed by atoms with Crippen molar-refractivity contribution in [3.63, 3.8) is 0 Å². The molecule has 0 saturated carbocycles. The van der Waals surface area contributed by atoms with Crippen molar-refractivity contribution in [1.82, 2.24) is 9.55 Å². The van der Waals surface area contributed by atoms with Gasteiger partial charge in [-0.1, -0.05) is 11.8 Å². The van der Waals surface area contributed by atoms with Gasteiger partial charge in [0, 0.05) is 30.2 Å². The largest absolute Gasteiger partial charge is 0.497 e. The molecule has 1 aromatic heterocycles. The summed E-state index contributed by atoms with van der Waals surface area (Å²) in [5.74, 6) is -0.0435. The highest BCUT2D eigenvalue weighted by Gasteiger charge is 2.36. The highest BCUT2D eigenvalue weighted by atomic mass is 32.2. The van der Waals surface area contributed by atoms with Crippen molar-refractivity contribution < 1.29 is 27.6 Å². The summed E-state index contributed by atoms with van der Waals surface area (Å²) < 4.78 is 46.9. The Hall–Kier alpha value is -3.54. The summed E-state index contributed by atoms with van der Waals surface area (Å²) in [5.41, 5.74) is -1.82. The molecule has 1 unspecified atom stereocenters. The molecule has 1 N–H and O–H groups in total. The number of nitrogens with zero attached hydrogens (tertiary/aromatic N) is 3. The molecular formula is C20H17F3N4O4S. The van der Waals surface area contributed by atoms with Crippen LogP contribution < -0.4 is 10.1 Å². The summed E-state index contributed by atoms with van der Waals surface area (Å²) in [7, 11) is 1.54. The van der Waals surface area contributed by atoms with Gasteiger partial charge in [-0.05, 0) is 37.3 Å². The number of nitro groups is 1. The molecule has 0 saturated heterocycles. The number of imidazole rings is 1. The minimum Gasteiger partial charge on any atom is -0.497 e. The van der Waals surface area contributed by atoms with Crippen LogP contribution in [0.1, 0.15) is 12.5 Å². The van der Waals surface area contributed by atoms with E-state index in [0.717, 1.165) is 29.6 Å². The lowest BCUT2D eigenvalue weighted by Crippen LogP contribution is -2.24. The molecule has 1 amide bonds. The molecule has 0 fully saturated rings. The number of nitrogens with one attached hydrogen (secondary N) is 1. The average Bonchev–Trinajstić information content (AvgIpc) is 3.21. The molecular weight excluding hydrogens is 449 g/mol. The number of methoxy groups -OCH3 is 1. The maximum atomic E-state index is 13.3. The number of alkyl halides is 3. The fraction of sp³-hybridized carbons (Fsp3) is 0.200. The smallest absolute Gasteiger partial charge is 0.418 e. The third kappa shape index (κ3) is 5.19. The van der Waals surface area contributed by atoms with Gasteiger partial charge in [0.25, 0.3) is 5.69 Å². The molecule has 3 aromatic rings. The van der Waals surface area contributed by atoms with Crippen molar-refractivity contribution in [2.24, 2.45) is 0 Å². The van der Waals surface area contributed by atoms with Gasteiger partial charge in [0.15, 0.2) is 5.16 Å². The Morgan fingerprint density at radius 2 is 1.94 bits per heavy atom. The van der Waals surface area contributed by atoms with Gasteiger partial charge in [-0.25, -0.2) is 4.98 Å². The number of rotatable bonds is 7. The number of carbonyl (C=O) groups excluding carboxylic acids is 1. The molecule has 1 atom stereocenters. The van der Waals surface area contributed by atoms with Crippen molar-refractivity contribution in [2.75, 3.05) is 12.4 Å². The highest BCUT2D eigenvalue weighted by Crippen LogP contribution is 2.37. The van der Waals surface area contributed by atoms with Gasteiger partial charge < -0.3 is 10.1 Å². The Morgan fingerprint density at radius 3 is 2.53 bits per heavy atom. The Labute approximate surface area is 184 Å². The fourth-order valence-corrected chi connectivity index (χ4v) is 3.64. The normalized spacial score (nSPS) is 12.3. The fourth-order valence-electron chi connectivity index (χ4n) is 2.75. The summed E-state index contributed by atoms with van der Waals surface area (Å²) >= 11 is 1.05. The van der Waals surface area contributed by atoms with Gasteiger partial charge in [0.05, 0.1) is 28.5 Å². The summed E-state index contributed by atoms with van der Waals surface area (Å²) in [6.45, 7) is 1.52. The first-order valence-corrected chi connectivity index (χ1v) is 9.99. The zero-order valence-electron chi connectivity index (χ0n) is 16.8. The number of anilines is 1. The number of hydrogen-bond donors (Lipinski definition) is 1. The zero-order chi connectivity index (χ0) is 23.5. The molecule has 0 aliphatic heterocycles. The molecule has 3 rings (SSSR count). The van der Waals surface area contributed by atoms with Gasteiger partial charge in [0.2, 0.25) is 5.91 Å². The lowest BCUT2D eigenvalue weighted by Gasteiger charge is -2.16. The Morgan fingerprint density at radius 1 is 1.25 bits per heavy atom. The molecule has 8 nitrogen and oxygen atoms in total. The van der Waals surface area contributed by atoms with Crippen LogP contribution in [0.2, 0.25) is 0 Å². The van der Waals surface area contributed by atoms with Crippen LogP contribution in [0.25, 0.3) is 5.69 Å². The second kappa shape index (κ2) is 9.30. The minimum absolute atomic E-state index is 0.393. The van der Waals surface area contributed by atoms with E-state index >= 15 is 0 Å². The minimum atomic E-state index is -4.88. The van der Waals surface area contributed by atoms with E-state index in [4.69, 9.17) is 4.74 Å². The van der Waals surface area contributed by atoms with Gasteiger partial charge >= 0.3 is 6.18 Å². The maximum Gasteiger partial charge on any atom is 0.418 e. The van der Waals surface area contributed by atoms with E-state index in [1.807, 2.05) is 0 Å². The lowest BCUT2D eigenvalue weighted by atomic mass is 10.1. The third-order valence-electron chi connectivity index (χ3n) is 4.39. The number of thioether (sulfide) groups is 1. The van der Waals surface area contributed by atoms with Crippen LogP contribution in [-0.4, -0.2) is 32.7 Å². The van der Waals surface area contributed by atoms with Crippen molar-refractivity contribution in [3.05, 3.63) is 70.5 Å². The van der Waals surface area contributed by atoms with E-state index in [1.54, 1.807) is 42.1 Å². The van der Waals surface area contributed by atoms with E-state index < -0.39 is 39.2 Å². The van der Waals surface area contributed by atoms with Crippen LogP contribution in [-0.2, 0) is 11.0 Å². The van der Waals surface area contributed by atoms with Crippen LogP contribution in [0, 0.1) is 10.1 Å². The summed E-state index contributed by atoms with van der Waals surface area (Å²) in [4.78, 5) is 26.7. The van der Waals surface area contributed by atoms with E-state index in [2.05, 4.69) is 10.3 Å². The molecule has 2 aromatic carbocycles. The molecule has 0 radical (unpaired) electrons. The molecule has 0 bridgehead atoms. The number of benzene rings is 2. The lowest BCUT2D eigenvalue weighted by molar-refractivity contribution is -0.385. The Balaban J connectivity index is 1.78. The number of ether oxygens (including phenoxy) is 1. The molecule has 0 spiro atoms. The van der Waals surface area contributed by atoms with Crippen molar-refractivity contribution in [1.29, 1.82) is 0 Å². The van der Waals surface area contributed by atoms with Crippen LogP contribution >= 0.6 is 11.8 Å². The highest BCUT2D eigenvalue weighted by molar-refractivity contribution is 8.00. The van der Waals surface area contributed by atoms with E-state index in [9.17, 15) is 28.1 Å². The van der Waals surface area contributed by atoms with Gasteiger partial charge in [-0.3, -0.25) is 19.5 Å². The first-order valence-electron chi connectivity index (χ1n) is 9.11. The number of nitro benzene ring substituents is 1. The van der Waals surface area contributed by atoms with E-state index in [-0.39, 0.29) is 0 Å². The first kappa shape index (κ1) is 23.1. The van der Waals surface area contributed by atoms with Gasteiger partial charge in [-0.15, -0.1) is 0 Å². The zero-order valence-corrected chi connectivity index (χ0v) is 17.6. The number of aromatic nitrogens is 2. The molecule has 32 heavy (non-hydrogen) atoms. The third-order valence-corrected chi connectivity index (χ3v) is 5.47. The van der Waals surface area contributed by atoms with Crippen LogP contribution in [0.5, 0.6) is 5.75 Å². The van der Waals surface area contributed by atoms with Gasteiger partial charge in [0.1, 0.15) is 5.75 Å². The number of non-ortho nitro benzene ring substituents is 1. The van der Waals surface area contributed by atoms with Crippen LogP contribution in [0.4, 0.5) is 24.5 Å². The summed E-state index contributed by atoms with van der Waals surface area (Å²) in [6.07, 6.45) is -1.65. The first-order chi connectivity index (χ1) is 15.1. The Bertz CT molecular complexity index is 1130. The topological polar surface area (TPSA) is 99.3 Å².